The Labute approximate surface area is 42.8 Å². The number of nitrogens with zero attached hydrogens (tertiary/aromatic N) is 1. The molecule has 0 saturated heterocycles. The Morgan fingerprint density at radius 2 is 2.00 bits per heavy atom. The highest BCUT2D eigenvalue weighted by Gasteiger charge is 2.26. The van der Waals surface area contributed by atoms with E-state index in [4.69, 9.17) is 4.91 Å². The Bertz CT molecular complexity index is 79.8. The summed E-state index contributed by atoms with van der Waals surface area (Å²) in [7, 11) is 0. The molecule has 0 aromatic rings. The largest absolute Gasteiger partial charge is 0.407 e. The van der Waals surface area contributed by atoms with Gasteiger partial charge in [-0.3, -0.25) is 5.43 Å². The van der Waals surface area contributed by atoms with E-state index in [1.54, 1.807) is 5.29 Å². The van der Waals surface area contributed by atoms with E-state index < -0.39 is 12.7 Å². The van der Waals surface area contributed by atoms with Gasteiger partial charge in [-0.2, -0.15) is 13.2 Å². The van der Waals surface area contributed by atoms with Crippen molar-refractivity contribution in [2.24, 2.45) is 5.29 Å². The zero-order valence-electron chi connectivity index (χ0n) is 3.70. The molecule has 0 aliphatic rings. The summed E-state index contributed by atoms with van der Waals surface area (Å²) < 4.78 is 32.9. The number of alkyl halides is 3. The first-order valence-corrected chi connectivity index (χ1v) is 1.68. The molecular weight excluding hydrogens is 125 g/mol. The van der Waals surface area contributed by atoms with Crippen LogP contribution in [0, 0.1) is 4.91 Å². The predicted molar refractivity (Wildman–Crippen MR) is 19.9 cm³/mol. The Hall–Kier alpha value is -0.810. The fourth-order valence-electron chi connectivity index (χ4n) is 0.122. The Kier molecular flexibility index (Phi) is 2.23. The van der Waals surface area contributed by atoms with Gasteiger partial charge in [0.1, 0.15) is 6.54 Å². The first-order valence-electron chi connectivity index (χ1n) is 1.68. The van der Waals surface area contributed by atoms with Crippen LogP contribution in [-0.2, 0) is 0 Å². The molecule has 0 aliphatic carbocycles. The second-order valence-electron chi connectivity index (χ2n) is 1.04. The van der Waals surface area contributed by atoms with Crippen molar-refractivity contribution in [2.75, 3.05) is 6.54 Å². The zero-order valence-corrected chi connectivity index (χ0v) is 3.70. The summed E-state index contributed by atoms with van der Waals surface area (Å²) >= 11 is 0. The van der Waals surface area contributed by atoms with E-state index in [0.717, 1.165) is 0 Å². The van der Waals surface area contributed by atoms with Gasteiger partial charge in [0.2, 0.25) is 0 Å². The number of hydrogen-bond acceptors (Lipinski definition) is 2. The van der Waals surface area contributed by atoms with Crippen molar-refractivity contribution in [1.29, 1.82) is 0 Å². The molecule has 3 nitrogen and oxygen atoms in total. The van der Waals surface area contributed by atoms with Crippen LogP contribution in [0.15, 0.2) is 5.29 Å². The standard InChI is InChI=1S/C2H3F3N2O/c3-2(4,5)1-6-7-8/h1H2,(H,6,8). The third-order valence-electron chi connectivity index (χ3n) is 0.344. The number of rotatable bonds is 2. The molecule has 0 aliphatic heterocycles. The van der Waals surface area contributed by atoms with Gasteiger partial charge in [0, 0.05) is 5.29 Å². The third kappa shape index (κ3) is 5.19. The molecule has 0 aromatic carbocycles. The first kappa shape index (κ1) is 7.19. The van der Waals surface area contributed by atoms with Crippen molar-refractivity contribution < 1.29 is 13.2 Å². The highest BCUT2D eigenvalue weighted by atomic mass is 19.4. The fourth-order valence-corrected chi connectivity index (χ4v) is 0.122. The Balaban J connectivity index is 3.24. The van der Waals surface area contributed by atoms with Gasteiger partial charge in [0.05, 0.1) is 0 Å². The van der Waals surface area contributed by atoms with E-state index in [9.17, 15) is 13.2 Å². The van der Waals surface area contributed by atoms with Crippen LogP contribution in [-0.4, -0.2) is 12.7 Å². The second-order valence-corrected chi connectivity index (χ2v) is 1.04. The molecule has 6 heteroatoms. The minimum absolute atomic E-state index is 1.23. The maximum absolute atomic E-state index is 11.0. The van der Waals surface area contributed by atoms with E-state index >= 15 is 0 Å². The second kappa shape index (κ2) is 2.49. The number of hydrogen-bond donors (Lipinski definition) is 1. The monoisotopic (exact) mass is 128 g/mol. The van der Waals surface area contributed by atoms with Gasteiger partial charge in [-0.1, -0.05) is 0 Å². The van der Waals surface area contributed by atoms with Crippen LogP contribution < -0.4 is 5.43 Å². The lowest BCUT2D eigenvalue weighted by atomic mass is 10.7. The smallest absolute Gasteiger partial charge is 0.265 e. The maximum atomic E-state index is 11.0. The quantitative estimate of drug-likeness (QED) is 0.441. The van der Waals surface area contributed by atoms with Gasteiger partial charge in [0.25, 0.3) is 0 Å². The zero-order chi connectivity index (χ0) is 6.62. The lowest BCUT2D eigenvalue weighted by Gasteiger charge is -2.00. The van der Waals surface area contributed by atoms with Crippen molar-refractivity contribution in [3.8, 4) is 0 Å². The molecule has 0 fully saturated rings. The Morgan fingerprint density at radius 3 is 2.12 bits per heavy atom. The summed E-state index contributed by atoms with van der Waals surface area (Å²) in [6.45, 7) is -1.36. The minimum Gasteiger partial charge on any atom is -0.265 e. The molecule has 0 amide bonds. The summed E-state index contributed by atoms with van der Waals surface area (Å²) in [6.07, 6.45) is -4.35. The third-order valence-corrected chi connectivity index (χ3v) is 0.344. The highest BCUT2D eigenvalue weighted by Crippen LogP contribution is 2.11. The van der Waals surface area contributed by atoms with Crippen LogP contribution in [0.1, 0.15) is 0 Å². The summed E-state index contributed by atoms with van der Waals surface area (Å²) in [5, 5.41) is 1.80. The molecule has 0 spiro atoms. The molecule has 0 unspecified atom stereocenters. The summed E-state index contributed by atoms with van der Waals surface area (Å²) in [5.74, 6) is 0. The molecule has 0 radical (unpaired) electrons. The average molecular weight is 128 g/mol. The van der Waals surface area contributed by atoms with Crippen molar-refractivity contribution in [3.05, 3.63) is 4.91 Å². The summed E-state index contributed by atoms with van der Waals surface area (Å²) in [5.41, 5.74) is 1.23. The van der Waals surface area contributed by atoms with E-state index in [2.05, 4.69) is 0 Å². The molecule has 8 heavy (non-hydrogen) atoms. The Morgan fingerprint density at radius 1 is 1.50 bits per heavy atom. The molecule has 48 valence electrons. The molecule has 0 bridgehead atoms. The summed E-state index contributed by atoms with van der Waals surface area (Å²) in [6, 6.07) is 0. The molecule has 0 heterocycles. The maximum Gasteiger partial charge on any atom is 0.407 e. The number of nitrogens with one attached hydrogen (secondary N) is 1. The molecule has 0 saturated carbocycles. The lowest BCUT2D eigenvalue weighted by molar-refractivity contribution is -0.124. The van der Waals surface area contributed by atoms with Crippen LogP contribution in [0.2, 0.25) is 0 Å². The highest BCUT2D eigenvalue weighted by molar-refractivity contribution is 4.49. The van der Waals surface area contributed by atoms with Crippen LogP contribution in [0.25, 0.3) is 0 Å². The topological polar surface area (TPSA) is 41.5 Å². The van der Waals surface area contributed by atoms with Crippen LogP contribution >= 0.6 is 0 Å². The van der Waals surface area contributed by atoms with Crippen molar-refractivity contribution >= 4 is 0 Å². The predicted octanol–water partition coefficient (Wildman–Crippen LogP) is 0.820. The molecule has 0 aromatic heterocycles. The molecule has 0 atom stereocenters. The van der Waals surface area contributed by atoms with Crippen molar-refractivity contribution in [1.82, 2.24) is 5.43 Å². The van der Waals surface area contributed by atoms with Crippen molar-refractivity contribution in [3.63, 3.8) is 0 Å². The van der Waals surface area contributed by atoms with Gasteiger partial charge in [-0.15, -0.1) is 4.91 Å². The number of halogens is 3. The van der Waals surface area contributed by atoms with E-state index in [1.165, 1.54) is 5.43 Å². The average Bonchev–Trinajstić information content (AvgIpc) is 1.59. The normalized spacial score (nSPS) is 10.9. The SMILES string of the molecule is O=NNCC(F)(F)F. The van der Waals surface area contributed by atoms with Crippen LogP contribution in [0.5, 0.6) is 0 Å². The van der Waals surface area contributed by atoms with Gasteiger partial charge in [0.15, 0.2) is 0 Å². The fraction of sp³-hybridized carbons (Fsp3) is 1.00. The van der Waals surface area contributed by atoms with Crippen molar-refractivity contribution in [2.45, 2.75) is 6.18 Å². The molecular formula is C2H3F3N2O. The molecule has 1 N–H and O–H groups in total. The van der Waals surface area contributed by atoms with Gasteiger partial charge < -0.3 is 0 Å². The van der Waals surface area contributed by atoms with Gasteiger partial charge >= 0.3 is 6.18 Å². The van der Waals surface area contributed by atoms with E-state index in [0.29, 0.717) is 0 Å². The van der Waals surface area contributed by atoms with E-state index in [1.807, 2.05) is 0 Å². The van der Waals surface area contributed by atoms with Gasteiger partial charge in [-0.05, 0) is 0 Å². The van der Waals surface area contributed by atoms with E-state index in [-0.39, 0.29) is 0 Å². The van der Waals surface area contributed by atoms with Crippen LogP contribution in [0.3, 0.4) is 0 Å². The first-order chi connectivity index (χ1) is 3.56. The summed E-state index contributed by atoms with van der Waals surface area (Å²) in [4.78, 5) is 8.99. The minimum atomic E-state index is -4.35. The molecule has 0 rings (SSSR count). The van der Waals surface area contributed by atoms with Gasteiger partial charge in [-0.25, -0.2) is 0 Å². The number of nitroso groups, excluding NO2 is 1. The van der Waals surface area contributed by atoms with Crippen LogP contribution in [0.4, 0.5) is 13.2 Å². The lowest BCUT2D eigenvalue weighted by Crippen LogP contribution is -2.24.